The molecule has 2 aromatic rings. The summed E-state index contributed by atoms with van der Waals surface area (Å²) in [5, 5.41) is 7.29. The molecule has 0 amide bonds. The second-order valence-electron chi connectivity index (χ2n) is 3.77. The maximum Gasteiger partial charge on any atom is 0.135 e. The minimum Gasteiger partial charge on any atom is -0.338 e. The first-order valence-electron chi connectivity index (χ1n) is 5.46. The molecular weight excluding hydrogens is 282 g/mol. The van der Waals surface area contributed by atoms with E-state index in [0.29, 0.717) is 0 Å². The molecule has 6 heteroatoms. The first-order valence-corrected chi connectivity index (χ1v) is 6.26. The van der Waals surface area contributed by atoms with Crippen molar-refractivity contribution in [1.29, 1.82) is 0 Å². The topological polar surface area (TPSA) is 55.6 Å². The summed E-state index contributed by atoms with van der Waals surface area (Å²) in [6, 6.07) is 1.85. The van der Waals surface area contributed by atoms with Crippen molar-refractivity contribution in [3.05, 3.63) is 28.9 Å². The number of anilines is 2. The molecule has 0 bridgehead atoms. The Morgan fingerprint density at radius 3 is 2.88 bits per heavy atom. The quantitative estimate of drug-likeness (QED) is 0.881. The maximum atomic E-state index is 4.44. The lowest BCUT2D eigenvalue weighted by molar-refractivity contribution is 0.768. The molecule has 17 heavy (non-hydrogen) atoms. The molecule has 90 valence electrons. The van der Waals surface area contributed by atoms with Crippen LogP contribution in [0.25, 0.3) is 0 Å². The first-order chi connectivity index (χ1) is 8.17. The van der Waals surface area contributed by atoms with Crippen molar-refractivity contribution in [2.75, 3.05) is 5.32 Å². The van der Waals surface area contributed by atoms with Gasteiger partial charge in [0, 0.05) is 25.7 Å². The van der Waals surface area contributed by atoms with E-state index in [-0.39, 0.29) is 0 Å². The van der Waals surface area contributed by atoms with E-state index in [9.17, 15) is 0 Å². The Bertz CT molecular complexity index is 508. The molecule has 1 N–H and O–H groups in total. The van der Waals surface area contributed by atoms with Gasteiger partial charge in [-0.05, 0) is 22.4 Å². The number of halogens is 1. The Kier molecular flexibility index (Phi) is 3.73. The van der Waals surface area contributed by atoms with Crippen LogP contribution in [-0.4, -0.2) is 19.7 Å². The Labute approximate surface area is 108 Å². The highest BCUT2D eigenvalue weighted by molar-refractivity contribution is 9.10. The number of hydrogen-bond acceptors (Lipinski definition) is 4. The van der Waals surface area contributed by atoms with Crippen LogP contribution in [0, 0.1) is 0 Å². The Morgan fingerprint density at radius 2 is 2.24 bits per heavy atom. The lowest BCUT2D eigenvalue weighted by Gasteiger charge is -2.05. The van der Waals surface area contributed by atoms with Crippen LogP contribution in [0.4, 0.5) is 11.5 Å². The van der Waals surface area contributed by atoms with Gasteiger partial charge in [-0.25, -0.2) is 9.97 Å². The number of hydrogen-bond donors (Lipinski definition) is 1. The highest BCUT2D eigenvalue weighted by Gasteiger charge is 2.03. The molecule has 0 aliphatic heterocycles. The van der Waals surface area contributed by atoms with Crippen LogP contribution in [-0.2, 0) is 13.5 Å². The lowest BCUT2D eigenvalue weighted by atomic mass is 10.3. The Morgan fingerprint density at radius 1 is 1.41 bits per heavy atom. The van der Waals surface area contributed by atoms with E-state index in [1.807, 2.05) is 19.3 Å². The van der Waals surface area contributed by atoms with Crippen LogP contribution in [0.15, 0.2) is 23.1 Å². The van der Waals surface area contributed by atoms with Crippen LogP contribution >= 0.6 is 15.9 Å². The monoisotopic (exact) mass is 295 g/mol. The average Bonchev–Trinajstić information content (AvgIpc) is 2.63. The molecule has 0 aliphatic carbocycles. The number of nitrogens with one attached hydrogen (secondary N) is 1. The van der Waals surface area contributed by atoms with Gasteiger partial charge in [0.05, 0.1) is 11.9 Å². The van der Waals surface area contributed by atoms with Gasteiger partial charge in [-0.2, -0.15) is 5.10 Å². The molecule has 2 aromatic heterocycles. The van der Waals surface area contributed by atoms with E-state index < -0.39 is 0 Å². The molecule has 0 spiro atoms. The summed E-state index contributed by atoms with van der Waals surface area (Å²) in [5.41, 5.74) is 0.917. The van der Waals surface area contributed by atoms with Crippen molar-refractivity contribution in [2.24, 2.45) is 7.05 Å². The van der Waals surface area contributed by atoms with Gasteiger partial charge in [0.1, 0.15) is 16.2 Å². The molecule has 2 heterocycles. The van der Waals surface area contributed by atoms with E-state index in [0.717, 1.165) is 34.8 Å². The number of aryl methyl sites for hydroxylation is 2. The molecule has 0 aliphatic rings. The van der Waals surface area contributed by atoms with E-state index in [2.05, 4.69) is 43.2 Å². The normalized spacial score (nSPS) is 10.5. The molecular formula is C11H14BrN5. The van der Waals surface area contributed by atoms with Crippen molar-refractivity contribution < 1.29 is 0 Å². The summed E-state index contributed by atoms with van der Waals surface area (Å²) in [6.45, 7) is 2.11. The summed E-state index contributed by atoms with van der Waals surface area (Å²) < 4.78 is 2.54. The number of rotatable bonds is 4. The summed E-state index contributed by atoms with van der Waals surface area (Å²) in [4.78, 5) is 8.75. The smallest absolute Gasteiger partial charge is 0.135 e. The fraction of sp³-hybridized carbons (Fsp3) is 0.364. The SMILES string of the molecule is CCCc1nc(Br)cc(Nc2cnn(C)c2)n1. The molecule has 0 atom stereocenters. The molecule has 0 radical (unpaired) electrons. The maximum absolute atomic E-state index is 4.44. The fourth-order valence-electron chi connectivity index (χ4n) is 1.50. The predicted octanol–water partition coefficient (Wildman–Crippen LogP) is 2.67. The molecule has 0 aromatic carbocycles. The second-order valence-corrected chi connectivity index (χ2v) is 4.58. The van der Waals surface area contributed by atoms with Gasteiger partial charge in [0.25, 0.3) is 0 Å². The van der Waals surface area contributed by atoms with E-state index in [1.165, 1.54) is 0 Å². The summed E-state index contributed by atoms with van der Waals surface area (Å²) >= 11 is 3.39. The average molecular weight is 296 g/mol. The van der Waals surface area contributed by atoms with E-state index >= 15 is 0 Å². The van der Waals surface area contributed by atoms with Crippen LogP contribution in [0.2, 0.25) is 0 Å². The highest BCUT2D eigenvalue weighted by atomic mass is 79.9. The van der Waals surface area contributed by atoms with Crippen molar-refractivity contribution in [1.82, 2.24) is 19.7 Å². The van der Waals surface area contributed by atoms with E-state index in [4.69, 9.17) is 0 Å². The number of nitrogens with zero attached hydrogens (tertiary/aromatic N) is 4. The third kappa shape index (κ3) is 3.26. The van der Waals surface area contributed by atoms with Crippen LogP contribution < -0.4 is 5.32 Å². The van der Waals surface area contributed by atoms with Gasteiger partial charge in [0.2, 0.25) is 0 Å². The molecule has 5 nitrogen and oxygen atoms in total. The van der Waals surface area contributed by atoms with Gasteiger partial charge in [0.15, 0.2) is 0 Å². The van der Waals surface area contributed by atoms with Crippen molar-refractivity contribution in [3.8, 4) is 0 Å². The lowest BCUT2D eigenvalue weighted by Crippen LogP contribution is -2.00. The van der Waals surface area contributed by atoms with Crippen molar-refractivity contribution in [3.63, 3.8) is 0 Å². The zero-order valence-electron chi connectivity index (χ0n) is 9.81. The van der Waals surface area contributed by atoms with Gasteiger partial charge in [-0.3, -0.25) is 4.68 Å². The Balaban J connectivity index is 2.20. The van der Waals surface area contributed by atoms with Gasteiger partial charge in [-0.15, -0.1) is 0 Å². The summed E-state index contributed by atoms with van der Waals surface area (Å²) in [7, 11) is 1.88. The van der Waals surface area contributed by atoms with Crippen LogP contribution in [0.1, 0.15) is 19.2 Å². The van der Waals surface area contributed by atoms with Crippen molar-refractivity contribution in [2.45, 2.75) is 19.8 Å². The standard InChI is InChI=1S/C11H14BrN5/c1-3-4-10-15-9(12)5-11(16-10)14-8-6-13-17(2)7-8/h5-7H,3-4H2,1-2H3,(H,14,15,16). The predicted molar refractivity (Wildman–Crippen MR) is 70.2 cm³/mol. The molecule has 2 rings (SSSR count). The molecule has 0 fully saturated rings. The molecule has 0 saturated heterocycles. The minimum atomic E-state index is 0.781. The highest BCUT2D eigenvalue weighted by Crippen LogP contribution is 2.17. The number of aromatic nitrogens is 4. The first kappa shape index (κ1) is 12.0. The van der Waals surface area contributed by atoms with Gasteiger partial charge >= 0.3 is 0 Å². The summed E-state index contributed by atoms with van der Waals surface area (Å²) in [5.74, 6) is 1.62. The molecule has 0 saturated carbocycles. The third-order valence-corrected chi connectivity index (χ3v) is 2.60. The Hall–Kier alpha value is -1.43. The minimum absolute atomic E-state index is 0.781. The second kappa shape index (κ2) is 5.27. The fourth-order valence-corrected chi connectivity index (χ4v) is 1.92. The van der Waals surface area contributed by atoms with Crippen LogP contribution in [0.5, 0.6) is 0 Å². The zero-order valence-corrected chi connectivity index (χ0v) is 11.4. The molecule has 0 unspecified atom stereocenters. The third-order valence-electron chi connectivity index (χ3n) is 2.19. The van der Waals surface area contributed by atoms with Crippen LogP contribution in [0.3, 0.4) is 0 Å². The summed E-state index contributed by atoms with van der Waals surface area (Å²) in [6.07, 6.45) is 5.56. The largest absolute Gasteiger partial charge is 0.338 e. The zero-order chi connectivity index (χ0) is 12.3. The van der Waals surface area contributed by atoms with E-state index in [1.54, 1.807) is 10.9 Å². The van der Waals surface area contributed by atoms with Crippen molar-refractivity contribution >= 4 is 27.4 Å². The van der Waals surface area contributed by atoms with Gasteiger partial charge < -0.3 is 5.32 Å². The van der Waals surface area contributed by atoms with Gasteiger partial charge in [-0.1, -0.05) is 6.92 Å².